The van der Waals surface area contributed by atoms with Crippen LogP contribution in [0.1, 0.15) is 12.5 Å². The van der Waals surface area contributed by atoms with E-state index >= 15 is 0 Å². The molecule has 1 aromatic heterocycles. The maximum absolute atomic E-state index is 9.63. The molecular weight excluding hydrogens is 250 g/mol. The fourth-order valence-electron chi connectivity index (χ4n) is 1.69. The Morgan fingerprint density at radius 2 is 2.00 bits per heavy atom. The van der Waals surface area contributed by atoms with Crippen LogP contribution in [0.15, 0.2) is 42.7 Å². The zero-order valence-electron chi connectivity index (χ0n) is 9.97. The first-order chi connectivity index (χ1) is 8.64. The molecule has 0 aliphatic rings. The molecule has 94 valence electrons. The van der Waals surface area contributed by atoms with E-state index < -0.39 is 5.54 Å². The third-order valence-electron chi connectivity index (χ3n) is 2.76. The molecule has 0 radical (unpaired) electrons. The Balaban J connectivity index is 2.29. The zero-order chi connectivity index (χ0) is 13.0. The Kier molecular flexibility index (Phi) is 3.79. The highest BCUT2D eigenvalue weighted by atomic mass is 35.5. The van der Waals surface area contributed by atoms with Crippen molar-refractivity contribution in [3.05, 3.63) is 53.4 Å². The molecule has 1 atom stereocenters. The Bertz CT molecular complexity index is 521. The smallest absolute Gasteiger partial charge is 0.134 e. The second-order valence-corrected chi connectivity index (χ2v) is 4.59. The largest absolute Gasteiger partial charge is 0.394 e. The molecule has 0 saturated carbocycles. The second kappa shape index (κ2) is 5.33. The van der Waals surface area contributed by atoms with Gasteiger partial charge in [-0.3, -0.25) is 0 Å². The highest BCUT2D eigenvalue weighted by Crippen LogP contribution is 2.25. The van der Waals surface area contributed by atoms with Gasteiger partial charge in [0.25, 0.3) is 0 Å². The third kappa shape index (κ3) is 2.78. The summed E-state index contributed by atoms with van der Waals surface area (Å²) in [6.07, 6.45) is 1.38. The summed E-state index contributed by atoms with van der Waals surface area (Å²) < 4.78 is 0. The third-order valence-corrected chi connectivity index (χ3v) is 2.97. The molecule has 2 rings (SSSR count). The summed E-state index contributed by atoms with van der Waals surface area (Å²) in [5, 5.41) is 13.2. The quantitative estimate of drug-likeness (QED) is 0.832. The molecule has 1 heterocycles. The summed E-state index contributed by atoms with van der Waals surface area (Å²) in [5.74, 6) is 0.579. The van der Waals surface area contributed by atoms with Crippen molar-refractivity contribution in [3.8, 4) is 0 Å². The number of aliphatic hydroxyl groups is 1. The van der Waals surface area contributed by atoms with E-state index in [1.54, 1.807) is 6.07 Å². The van der Waals surface area contributed by atoms with E-state index in [4.69, 9.17) is 11.6 Å². The number of anilines is 1. The minimum Gasteiger partial charge on any atom is -0.394 e. The maximum Gasteiger partial charge on any atom is 0.134 e. The van der Waals surface area contributed by atoms with E-state index in [1.165, 1.54) is 6.33 Å². The lowest BCUT2D eigenvalue weighted by Gasteiger charge is -2.29. The lowest BCUT2D eigenvalue weighted by atomic mass is 9.93. The van der Waals surface area contributed by atoms with Gasteiger partial charge in [-0.05, 0) is 12.5 Å². The van der Waals surface area contributed by atoms with Crippen LogP contribution in [-0.2, 0) is 5.54 Å². The summed E-state index contributed by atoms with van der Waals surface area (Å²) >= 11 is 5.81. The minimum atomic E-state index is -0.612. The number of aromatic nitrogens is 2. The summed E-state index contributed by atoms with van der Waals surface area (Å²) in [6.45, 7) is 1.84. The van der Waals surface area contributed by atoms with Crippen molar-refractivity contribution < 1.29 is 5.11 Å². The summed E-state index contributed by atoms with van der Waals surface area (Å²) in [6, 6.07) is 11.3. The van der Waals surface area contributed by atoms with E-state index in [1.807, 2.05) is 37.3 Å². The Morgan fingerprint density at radius 1 is 1.28 bits per heavy atom. The number of nitrogens with one attached hydrogen (secondary N) is 1. The van der Waals surface area contributed by atoms with Gasteiger partial charge < -0.3 is 10.4 Å². The van der Waals surface area contributed by atoms with E-state index in [2.05, 4.69) is 15.3 Å². The van der Waals surface area contributed by atoms with Crippen molar-refractivity contribution in [2.75, 3.05) is 11.9 Å². The first-order valence-electron chi connectivity index (χ1n) is 5.56. The molecule has 0 fully saturated rings. The summed E-state index contributed by atoms with van der Waals surface area (Å²) in [5.41, 5.74) is 0.362. The molecule has 2 aromatic rings. The van der Waals surface area contributed by atoms with Crippen LogP contribution >= 0.6 is 11.6 Å². The number of rotatable bonds is 4. The Labute approximate surface area is 111 Å². The molecule has 0 amide bonds. The van der Waals surface area contributed by atoms with Crippen LogP contribution in [0.4, 0.5) is 5.82 Å². The number of aliphatic hydroxyl groups excluding tert-OH is 1. The van der Waals surface area contributed by atoms with Crippen LogP contribution in [0, 0.1) is 0 Å². The first-order valence-corrected chi connectivity index (χ1v) is 5.94. The van der Waals surface area contributed by atoms with Crippen molar-refractivity contribution in [2.45, 2.75) is 12.5 Å². The van der Waals surface area contributed by atoms with E-state index in [-0.39, 0.29) is 6.61 Å². The molecule has 0 bridgehead atoms. The topological polar surface area (TPSA) is 58.0 Å². The lowest BCUT2D eigenvalue weighted by molar-refractivity contribution is 0.223. The van der Waals surface area contributed by atoms with Gasteiger partial charge in [0, 0.05) is 6.07 Å². The number of hydrogen-bond acceptors (Lipinski definition) is 4. The van der Waals surface area contributed by atoms with Gasteiger partial charge in [0.15, 0.2) is 0 Å². The molecule has 1 unspecified atom stereocenters. The van der Waals surface area contributed by atoms with Gasteiger partial charge in [-0.15, -0.1) is 0 Å². The van der Waals surface area contributed by atoms with Crippen molar-refractivity contribution in [3.63, 3.8) is 0 Å². The van der Waals surface area contributed by atoms with Gasteiger partial charge in [0.2, 0.25) is 0 Å². The van der Waals surface area contributed by atoms with Crippen molar-refractivity contribution in [1.82, 2.24) is 9.97 Å². The minimum absolute atomic E-state index is 0.0569. The van der Waals surface area contributed by atoms with Crippen molar-refractivity contribution in [1.29, 1.82) is 0 Å². The highest BCUT2D eigenvalue weighted by Gasteiger charge is 2.25. The van der Waals surface area contributed by atoms with E-state index in [9.17, 15) is 5.11 Å². The summed E-state index contributed by atoms with van der Waals surface area (Å²) in [4.78, 5) is 7.90. The van der Waals surface area contributed by atoms with Gasteiger partial charge in [0.05, 0.1) is 12.1 Å². The number of halogens is 1. The van der Waals surface area contributed by atoms with Crippen LogP contribution in [0.25, 0.3) is 0 Å². The Hall–Kier alpha value is -1.65. The van der Waals surface area contributed by atoms with E-state index in [0.29, 0.717) is 11.0 Å². The average molecular weight is 264 g/mol. The van der Waals surface area contributed by atoms with Crippen molar-refractivity contribution >= 4 is 17.4 Å². The lowest BCUT2D eigenvalue weighted by Crippen LogP contribution is -2.36. The molecule has 1 aromatic carbocycles. The molecule has 5 heteroatoms. The SMILES string of the molecule is CC(CO)(Nc1cc(Cl)ncn1)c1ccccc1. The highest BCUT2D eigenvalue weighted by molar-refractivity contribution is 6.29. The molecule has 0 saturated heterocycles. The number of hydrogen-bond donors (Lipinski definition) is 2. The average Bonchev–Trinajstić information content (AvgIpc) is 2.39. The molecule has 0 aliphatic heterocycles. The molecular formula is C13H14ClN3O. The fraction of sp³-hybridized carbons (Fsp3) is 0.231. The first kappa shape index (κ1) is 12.8. The van der Waals surface area contributed by atoms with Gasteiger partial charge in [-0.2, -0.15) is 0 Å². The van der Waals surface area contributed by atoms with E-state index in [0.717, 1.165) is 5.56 Å². The number of nitrogens with zero attached hydrogens (tertiary/aromatic N) is 2. The molecule has 4 nitrogen and oxygen atoms in total. The normalized spacial score (nSPS) is 13.9. The maximum atomic E-state index is 9.63. The van der Waals surface area contributed by atoms with Gasteiger partial charge in [-0.1, -0.05) is 41.9 Å². The monoisotopic (exact) mass is 263 g/mol. The fourth-order valence-corrected chi connectivity index (χ4v) is 1.84. The van der Waals surface area contributed by atoms with Crippen LogP contribution in [0.3, 0.4) is 0 Å². The van der Waals surface area contributed by atoms with Crippen LogP contribution in [-0.4, -0.2) is 21.7 Å². The zero-order valence-corrected chi connectivity index (χ0v) is 10.7. The molecule has 0 spiro atoms. The molecule has 2 N–H and O–H groups in total. The second-order valence-electron chi connectivity index (χ2n) is 4.21. The predicted molar refractivity (Wildman–Crippen MR) is 71.5 cm³/mol. The van der Waals surface area contributed by atoms with Crippen LogP contribution in [0.5, 0.6) is 0 Å². The van der Waals surface area contributed by atoms with Gasteiger partial charge in [0.1, 0.15) is 17.3 Å². The van der Waals surface area contributed by atoms with Crippen LogP contribution in [0.2, 0.25) is 5.15 Å². The van der Waals surface area contributed by atoms with Gasteiger partial charge in [-0.25, -0.2) is 9.97 Å². The Morgan fingerprint density at radius 3 is 2.61 bits per heavy atom. The predicted octanol–water partition coefficient (Wildman–Crippen LogP) is 2.45. The standard InChI is InChI=1S/C13H14ClN3O/c1-13(8-18,10-5-3-2-4-6-10)17-12-7-11(14)15-9-16-12/h2-7,9,18H,8H2,1H3,(H,15,16,17). The molecule has 18 heavy (non-hydrogen) atoms. The number of benzene rings is 1. The van der Waals surface area contributed by atoms with Gasteiger partial charge >= 0.3 is 0 Å². The van der Waals surface area contributed by atoms with Crippen molar-refractivity contribution in [2.24, 2.45) is 0 Å². The summed E-state index contributed by atoms with van der Waals surface area (Å²) in [7, 11) is 0. The van der Waals surface area contributed by atoms with Crippen LogP contribution < -0.4 is 5.32 Å². The molecule has 0 aliphatic carbocycles.